The van der Waals surface area contributed by atoms with Crippen LogP contribution in [0.4, 0.5) is 0 Å². The lowest BCUT2D eigenvalue weighted by Crippen LogP contribution is -1.93. The first-order chi connectivity index (χ1) is 5.75. The minimum atomic E-state index is 1.01. The number of nitrogens with zero attached hydrogens (tertiary/aromatic N) is 1. The van der Waals surface area contributed by atoms with Crippen molar-refractivity contribution in [1.29, 1.82) is 0 Å². The van der Waals surface area contributed by atoms with Crippen molar-refractivity contribution in [1.82, 2.24) is 4.98 Å². The number of pyridine rings is 1. The second kappa shape index (κ2) is 4.61. The highest BCUT2D eigenvalue weighted by atomic mass is 79.9. The maximum Gasteiger partial charge on any atom is 0.109 e. The van der Waals surface area contributed by atoms with Crippen molar-refractivity contribution in [3.63, 3.8) is 0 Å². The molecule has 0 aromatic carbocycles. The van der Waals surface area contributed by atoms with Gasteiger partial charge in [-0.1, -0.05) is 13.3 Å². The fourth-order valence-corrected chi connectivity index (χ4v) is 1.84. The van der Waals surface area contributed by atoms with E-state index in [1.807, 2.05) is 6.20 Å². The molecule has 0 amide bonds. The van der Waals surface area contributed by atoms with Crippen molar-refractivity contribution in [2.45, 2.75) is 33.1 Å². The van der Waals surface area contributed by atoms with E-state index in [-0.39, 0.29) is 0 Å². The normalized spacial score (nSPS) is 10.2. The number of aromatic nitrogens is 1. The molecule has 1 aromatic rings. The molecule has 2 heteroatoms. The van der Waals surface area contributed by atoms with Crippen molar-refractivity contribution in [2.75, 3.05) is 0 Å². The van der Waals surface area contributed by atoms with Gasteiger partial charge in [0, 0.05) is 6.20 Å². The molecule has 0 fully saturated rings. The second-order valence-corrected chi connectivity index (χ2v) is 3.75. The van der Waals surface area contributed by atoms with Crippen LogP contribution in [0.1, 0.15) is 30.9 Å². The van der Waals surface area contributed by atoms with E-state index >= 15 is 0 Å². The third-order valence-corrected chi connectivity index (χ3v) is 2.70. The maximum atomic E-state index is 4.21. The Kier molecular flexibility index (Phi) is 3.73. The monoisotopic (exact) mass is 227 g/mol. The number of rotatable bonds is 3. The summed E-state index contributed by atoms with van der Waals surface area (Å²) in [7, 11) is 0. The molecule has 1 rings (SSSR count). The molecule has 0 unspecified atom stereocenters. The van der Waals surface area contributed by atoms with Crippen molar-refractivity contribution >= 4 is 15.9 Å². The highest BCUT2D eigenvalue weighted by Crippen LogP contribution is 2.19. The molecule has 0 radical (unpaired) electrons. The fourth-order valence-electron chi connectivity index (χ4n) is 1.21. The molecule has 0 saturated carbocycles. The molecular weight excluding hydrogens is 214 g/mol. The Morgan fingerprint density at radius 1 is 1.50 bits per heavy atom. The predicted octanol–water partition coefficient (Wildman–Crippen LogP) is 3.50. The molecule has 0 aliphatic heterocycles. The molecule has 1 aromatic heterocycles. The molecule has 1 heterocycles. The van der Waals surface area contributed by atoms with Crippen molar-refractivity contribution in [2.24, 2.45) is 0 Å². The first kappa shape index (κ1) is 9.72. The summed E-state index contributed by atoms with van der Waals surface area (Å²) in [5, 5.41) is 0. The van der Waals surface area contributed by atoms with E-state index in [0.29, 0.717) is 0 Å². The van der Waals surface area contributed by atoms with Gasteiger partial charge < -0.3 is 0 Å². The zero-order valence-corrected chi connectivity index (χ0v) is 9.19. The van der Waals surface area contributed by atoms with E-state index in [2.05, 4.69) is 40.8 Å². The molecule has 0 atom stereocenters. The third-order valence-electron chi connectivity index (χ3n) is 2.02. The molecule has 0 bridgehead atoms. The minimum Gasteiger partial charge on any atom is -0.249 e. The van der Waals surface area contributed by atoms with Crippen LogP contribution >= 0.6 is 15.9 Å². The van der Waals surface area contributed by atoms with Crippen LogP contribution in [0.15, 0.2) is 16.9 Å². The number of halogens is 1. The second-order valence-electron chi connectivity index (χ2n) is 3.00. The average molecular weight is 228 g/mol. The van der Waals surface area contributed by atoms with Gasteiger partial charge in [0.05, 0.1) is 0 Å². The Labute approximate surface area is 82.3 Å². The van der Waals surface area contributed by atoms with Crippen LogP contribution in [0.5, 0.6) is 0 Å². The van der Waals surface area contributed by atoms with Crippen molar-refractivity contribution < 1.29 is 0 Å². The Morgan fingerprint density at radius 2 is 2.25 bits per heavy atom. The van der Waals surface area contributed by atoms with Gasteiger partial charge in [-0.25, -0.2) is 4.98 Å². The SMILES string of the molecule is CCCCc1c(C)ccnc1Br. The maximum absolute atomic E-state index is 4.21. The van der Waals surface area contributed by atoms with Gasteiger partial charge in [-0.05, 0) is 52.9 Å². The molecule has 1 nitrogen and oxygen atoms in total. The molecule has 0 aliphatic carbocycles. The Bertz CT molecular complexity index is 238. The van der Waals surface area contributed by atoms with Crippen LogP contribution in [0.25, 0.3) is 0 Å². The summed E-state index contributed by atoms with van der Waals surface area (Å²) in [5.41, 5.74) is 2.70. The highest BCUT2D eigenvalue weighted by Gasteiger charge is 2.02. The Balaban J connectivity index is 2.81. The quantitative estimate of drug-likeness (QED) is 0.721. The zero-order chi connectivity index (χ0) is 8.97. The van der Waals surface area contributed by atoms with Gasteiger partial charge in [0.1, 0.15) is 4.60 Å². The summed E-state index contributed by atoms with van der Waals surface area (Å²) in [6.45, 7) is 4.34. The van der Waals surface area contributed by atoms with Crippen LogP contribution in [0.3, 0.4) is 0 Å². The number of aryl methyl sites for hydroxylation is 1. The van der Waals surface area contributed by atoms with Gasteiger partial charge in [-0.3, -0.25) is 0 Å². The summed E-state index contributed by atoms with van der Waals surface area (Å²) < 4.78 is 1.01. The topological polar surface area (TPSA) is 12.9 Å². The Hall–Kier alpha value is -0.370. The van der Waals surface area contributed by atoms with Gasteiger partial charge >= 0.3 is 0 Å². The van der Waals surface area contributed by atoms with Gasteiger partial charge in [-0.15, -0.1) is 0 Å². The fraction of sp³-hybridized carbons (Fsp3) is 0.500. The standard InChI is InChI=1S/C10H14BrN/c1-3-4-5-9-8(2)6-7-12-10(9)11/h6-7H,3-5H2,1-2H3. The van der Waals surface area contributed by atoms with Gasteiger partial charge in [0.2, 0.25) is 0 Å². The van der Waals surface area contributed by atoms with Gasteiger partial charge in [0.25, 0.3) is 0 Å². The Morgan fingerprint density at radius 3 is 2.83 bits per heavy atom. The average Bonchev–Trinajstić information content (AvgIpc) is 2.04. The summed E-state index contributed by atoms with van der Waals surface area (Å²) in [6.07, 6.45) is 5.46. The first-order valence-corrected chi connectivity index (χ1v) is 5.15. The van der Waals surface area contributed by atoms with Crippen LogP contribution in [-0.2, 0) is 6.42 Å². The number of hydrogen-bond donors (Lipinski definition) is 0. The molecule has 0 aliphatic rings. The summed E-state index contributed by atoms with van der Waals surface area (Å²) in [5.74, 6) is 0. The summed E-state index contributed by atoms with van der Waals surface area (Å²) in [6, 6.07) is 2.07. The van der Waals surface area contributed by atoms with E-state index in [1.165, 1.54) is 24.0 Å². The van der Waals surface area contributed by atoms with E-state index in [1.54, 1.807) is 0 Å². The van der Waals surface area contributed by atoms with E-state index in [9.17, 15) is 0 Å². The van der Waals surface area contributed by atoms with Crippen LogP contribution in [0.2, 0.25) is 0 Å². The molecule has 12 heavy (non-hydrogen) atoms. The molecular formula is C10H14BrN. The van der Waals surface area contributed by atoms with E-state index < -0.39 is 0 Å². The minimum absolute atomic E-state index is 1.01. The van der Waals surface area contributed by atoms with Gasteiger partial charge in [0.15, 0.2) is 0 Å². The highest BCUT2D eigenvalue weighted by molar-refractivity contribution is 9.10. The number of hydrogen-bond acceptors (Lipinski definition) is 1. The first-order valence-electron chi connectivity index (χ1n) is 4.35. The van der Waals surface area contributed by atoms with E-state index in [4.69, 9.17) is 0 Å². The van der Waals surface area contributed by atoms with Crippen LogP contribution < -0.4 is 0 Å². The number of unbranched alkanes of at least 4 members (excludes halogenated alkanes) is 1. The molecule has 0 N–H and O–H groups in total. The van der Waals surface area contributed by atoms with Gasteiger partial charge in [-0.2, -0.15) is 0 Å². The largest absolute Gasteiger partial charge is 0.249 e. The lowest BCUT2D eigenvalue weighted by atomic mass is 10.1. The van der Waals surface area contributed by atoms with Crippen molar-refractivity contribution in [3.8, 4) is 0 Å². The summed E-state index contributed by atoms with van der Waals surface area (Å²) in [4.78, 5) is 4.21. The van der Waals surface area contributed by atoms with Crippen LogP contribution in [0, 0.1) is 6.92 Å². The molecule has 0 spiro atoms. The summed E-state index contributed by atoms with van der Waals surface area (Å²) >= 11 is 3.47. The lowest BCUT2D eigenvalue weighted by molar-refractivity contribution is 0.784. The predicted molar refractivity (Wildman–Crippen MR) is 55.3 cm³/mol. The third kappa shape index (κ3) is 2.31. The molecule has 66 valence electrons. The zero-order valence-electron chi connectivity index (χ0n) is 7.60. The lowest BCUT2D eigenvalue weighted by Gasteiger charge is -2.05. The molecule has 0 saturated heterocycles. The van der Waals surface area contributed by atoms with E-state index in [0.717, 1.165) is 11.0 Å². The smallest absolute Gasteiger partial charge is 0.109 e. The van der Waals surface area contributed by atoms with Crippen molar-refractivity contribution in [3.05, 3.63) is 28.0 Å². The van der Waals surface area contributed by atoms with Crippen LogP contribution in [-0.4, -0.2) is 4.98 Å².